The van der Waals surface area contributed by atoms with Gasteiger partial charge in [0.05, 0.1) is 6.26 Å². The molecule has 0 spiro atoms. The maximum atomic E-state index is 4.83. The number of nitrogens with one attached hydrogen (secondary N) is 1. The Hall–Kier alpha value is -1.74. The molecule has 3 heterocycles. The number of rotatable bonds is 0. The molecule has 0 saturated heterocycles. The molecule has 0 atom stereocenters. The first-order valence-electron chi connectivity index (χ1n) is 5.78. The number of H-pyrrole nitrogens is 1. The Kier molecular flexibility index (Phi) is 6.66. The Morgan fingerprint density at radius 3 is 2.00 bits per heavy atom. The van der Waals surface area contributed by atoms with Crippen LogP contribution in [0.2, 0.25) is 0 Å². The fourth-order valence-electron chi connectivity index (χ4n) is 1.14. The monoisotopic (exact) mass is 261 g/mol. The summed E-state index contributed by atoms with van der Waals surface area (Å²) in [6.45, 7) is 6.05. The molecule has 3 aromatic heterocycles. The van der Waals surface area contributed by atoms with Crippen LogP contribution in [0.3, 0.4) is 0 Å². The highest BCUT2D eigenvalue weighted by atomic mass is 32.1. The Morgan fingerprint density at radius 2 is 1.83 bits per heavy atom. The summed E-state index contributed by atoms with van der Waals surface area (Å²) in [4.78, 5) is 4.38. The Bertz CT molecular complexity index is 404. The lowest BCUT2D eigenvalue weighted by molar-refractivity contribution is 0.534. The SMILES string of the molecule is Cc1ccc[nH]1.Cc1ccco1.Cc1cccs1. The molecule has 3 aromatic rings. The van der Waals surface area contributed by atoms with Crippen LogP contribution in [-0.2, 0) is 0 Å². The lowest BCUT2D eigenvalue weighted by Crippen LogP contribution is -1.59. The van der Waals surface area contributed by atoms with E-state index in [-0.39, 0.29) is 0 Å². The van der Waals surface area contributed by atoms with Gasteiger partial charge in [-0.2, -0.15) is 0 Å². The molecule has 0 aliphatic rings. The van der Waals surface area contributed by atoms with Crippen LogP contribution in [0.15, 0.2) is 58.7 Å². The fraction of sp³-hybridized carbons (Fsp3) is 0.200. The molecule has 0 aliphatic heterocycles. The fourth-order valence-corrected chi connectivity index (χ4v) is 1.67. The second-order valence-corrected chi connectivity index (χ2v) is 4.95. The summed E-state index contributed by atoms with van der Waals surface area (Å²) in [6, 6.07) is 12.0. The number of aromatic nitrogens is 1. The highest BCUT2D eigenvalue weighted by Crippen LogP contribution is 2.03. The normalized spacial score (nSPS) is 8.83. The van der Waals surface area contributed by atoms with Gasteiger partial charge in [0.1, 0.15) is 5.76 Å². The molecule has 0 radical (unpaired) electrons. The van der Waals surface area contributed by atoms with Gasteiger partial charge in [-0.1, -0.05) is 6.07 Å². The summed E-state index contributed by atoms with van der Waals surface area (Å²) >= 11 is 1.78. The van der Waals surface area contributed by atoms with Crippen LogP contribution in [0, 0.1) is 20.8 Å². The van der Waals surface area contributed by atoms with Crippen molar-refractivity contribution in [1.82, 2.24) is 4.98 Å². The third kappa shape index (κ3) is 6.76. The molecule has 1 N–H and O–H groups in total. The predicted octanol–water partition coefficient (Wildman–Crippen LogP) is 4.97. The van der Waals surface area contributed by atoms with Crippen molar-refractivity contribution in [3.63, 3.8) is 0 Å². The highest BCUT2D eigenvalue weighted by molar-refractivity contribution is 7.09. The molecule has 96 valence electrons. The van der Waals surface area contributed by atoms with Gasteiger partial charge in [-0.3, -0.25) is 0 Å². The van der Waals surface area contributed by atoms with Gasteiger partial charge in [0, 0.05) is 16.8 Å². The Labute approximate surface area is 112 Å². The minimum Gasteiger partial charge on any atom is -0.470 e. The molecule has 0 amide bonds. The van der Waals surface area contributed by atoms with Crippen LogP contribution in [0.1, 0.15) is 16.3 Å². The summed E-state index contributed by atoms with van der Waals surface area (Å²) in [5.41, 5.74) is 1.22. The van der Waals surface area contributed by atoms with Gasteiger partial charge in [0.15, 0.2) is 0 Å². The Morgan fingerprint density at radius 1 is 1.00 bits per heavy atom. The van der Waals surface area contributed by atoms with Crippen molar-refractivity contribution in [2.75, 3.05) is 0 Å². The molecular formula is C15H19NOS. The number of aryl methyl sites for hydroxylation is 3. The van der Waals surface area contributed by atoms with E-state index in [4.69, 9.17) is 4.42 Å². The van der Waals surface area contributed by atoms with E-state index in [1.54, 1.807) is 17.6 Å². The maximum absolute atomic E-state index is 4.83. The van der Waals surface area contributed by atoms with Crippen LogP contribution >= 0.6 is 11.3 Å². The van der Waals surface area contributed by atoms with Gasteiger partial charge in [-0.05, 0) is 56.5 Å². The van der Waals surface area contributed by atoms with Gasteiger partial charge in [0.25, 0.3) is 0 Å². The van der Waals surface area contributed by atoms with Crippen LogP contribution in [-0.4, -0.2) is 4.98 Å². The van der Waals surface area contributed by atoms with Crippen molar-refractivity contribution in [1.29, 1.82) is 0 Å². The van der Waals surface area contributed by atoms with Crippen molar-refractivity contribution in [3.05, 3.63) is 70.6 Å². The van der Waals surface area contributed by atoms with Gasteiger partial charge >= 0.3 is 0 Å². The smallest absolute Gasteiger partial charge is 0.100 e. The lowest BCUT2D eigenvalue weighted by Gasteiger charge is -1.70. The molecule has 18 heavy (non-hydrogen) atoms. The van der Waals surface area contributed by atoms with Crippen molar-refractivity contribution >= 4 is 11.3 Å². The zero-order chi connectivity index (χ0) is 13.2. The molecule has 0 fully saturated rings. The molecule has 0 aromatic carbocycles. The first-order valence-corrected chi connectivity index (χ1v) is 6.66. The summed E-state index contributed by atoms with van der Waals surface area (Å²) in [6.07, 6.45) is 3.57. The second kappa shape index (κ2) is 8.37. The second-order valence-electron chi connectivity index (χ2n) is 3.80. The van der Waals surface area contributed by atoms with Gasteiger partial charge in [0.2, 0.25) is 0 Å². The first-order chi connectivity index (χ1) is 8.68. The first kappa shape index (κ1) is 14.3. The number of furan rings is 1. The Balaban J connectivity index is 0.000000135. The summed E-state index contributed by atoms with van der Waals surface area (Å²) < 4.78 is 4.83. The van der Waals surface area contributed by atoms with Gasteiger partial charge in [-0.25, -0.2) is 0 Å². The predicted molar refractivity (Wildman–Crippen MR) is 78.0 cm³/mol. The highest BCUT2D eigenvalue weighted by Gasteiger charge is 1.76. The van der Waals surface area contributed by atoms with Crippen LogP contribution in [0.5, 0.6) is 0 Å². The minimum absolute atomic E-state index is 0.968. The van der Waals surface area contributed by atoms with Crippen LogP contribution in [0.4, 0.5) is 0 Å². The van der Waals surface area contributed by atoms with E-state index in [2.05, 4.69) is 29.4 Å². The molecule has 0 unspecified atom stereocenters. The quantitative estimate of drug-likeness (QED) is 0.608. The van der Waals surface area contributed by atoms with E-state index in [1.807, 2.05) is 44.3 Å². The molecule has 0 saturated carbocycles. The third-order valence-corrected chi connectivity index (χ3v) is 2.88. The average molecular weight is 261 g/mol. The van der Waals surface area contributed by atoms with E-state index in [0.29, 0.717) is 0 Å². The number of aromatic amines is 1. The van der Waals surface area contributed by atoms with E-state index in [1.165, 1.54) is 10.6 Å². The van der Waals surface area contributed by atoms with Crippen molar-refractivity contribution < 1.29 is 4.42 Å². The van der Waals surface area contributed by atoms with Gasteiger partial charge in [-0.15, -0.1) is 11.3 Å². The van der Waals surface area contributed by atoms with Crippen molar-refractivity contribution in [3.8, 4) is 0 Å². The van der Waals surface area contributed by atoms with Crippen molar-refractivity contribution in [2.24, 2.45) is 0 Å². The minimum atomic E-state index is 0.968. The molecule has 3 heteroatoms. The zero-order valence-electron chi connectivity index (χ0n) is 11.0. The third-order valence-electron chi connectivity index (χ3n) is 2.08. The van der Waals surface area contributed by atoms with E-state index >= 15 is 0 Å². The lowest BCUT2D eigenvalue weighted by atomic mass is 10.5. The summed E-state index contributed by atoms with van der Waals surface area (Å²) in [7, 11) is 0. The summed E-state index contributed by atoms with van der Waals surface area (Å²) in [5, 5.41) is 2.08. The summed E-state index contributed by atoms with van der Waals surface area (Å²) in [5.74, 6) is 0.968. The van der Waals surface area contributed by atoms with Gasteiger partial charge < -0.3 is 9.40 Å². The van der Waals surface area contributed by atoms with Crippen LogP contribution in [0.25, 0.3) is 0 Å². The molecule has 3 rings (SSSR count). The maximum Gasteiger partial charge on any atom is 0.100 e. The standard InChI is InChI=1S/C5H7N.C5H6O.C5H6S/c3*1-5-3-2-4-6-5/h2-4,6H,1H3;2*2-4H,1H3. The molecule has 2 nitrogen and oxygen atoms in total. The molecule has 0 bridgehead atoms. The van der Waals surface area contributed by atoms with Crippen molar-refractivity contribution in [2.45, 2.75) is 20.8 Å². The van der Waals surface area contributed by atoms with E-state index in [9.17, 15) is 0 Å². The molecule has 0 aliphatic carbocycles. The zero-order valence-corrected chi connectivity index (χ0v) is 11.8. The van der Waals surface area contributed by atoms with E-state index < -0.39 is 0 Å². The molecular weight excluding hydrogens is 242 g/mol. The number of hydrogen-bond acceptors (Lipinski definition) is 2. The van der Waals surface area contributed by atoms with Crippen LogP contribution < -0.4 is 0 Å². The number of hydrogen-bond donors (Lipinski definition) is 1. The average Bonchev–Trinajstić information content (AvgIpc) is 3.05. The number of thiophene rings is 1. The topological polar surface area (TPSA) is 28.9 Å². The largest absolute Gasteiger partial charge is 0.470 e. The van der Waals surface area contributed by atoms with E-state index in [0.717, 1.165) is 5.76 Å².